The summed E-state index contributed by atoms with van der Waals surface area (Å²) in [5.74, 6) is 0.860. The van der Waals surface area contributed by atoms with Gasteiger partial charge in [-0.2, -0.15) is 0 Å². The Labute approximate surface area is 196 Å². The highest BCUT2D eigenvalue weighted by Crippen LogP contribution is 2.33. The summed E-state index contributed by atoms with van der Waals surface area (Å²) in [7, 11) is 0. The van der Waals surface area contributed by atoms with E-state index in [2.05, 4.69) is 56.2 Å². The third-order valence-corrected chi connectivity index (χ3v) is 7.90. The van der Waals surface area contributed by atoms with Crippen LogP contribution in [0.5, 0.6) is 0 Å². The molecule has 5 rings (SSSR count). The first-order chi connectivity index (χ1) is 15.8. The Bertz CT molecular complexity index is 1060. The SMILES string of the molecule is O=C(c1noc2c1CN(Sc1cccs1)CC2)N1CCN(CC=Cc2ccccc2)CC1. The van der Waals surface area contributed by atoms with Crippen molar-refractivity contribution in [3.63, 3.8) is 0 Å². The average molecular weight is 467 g/mol. The highest BCUT2D eigenvalue weighted by molar-refractivity contribution is 7.98. The smallest absolute Gasteiger partial charge is 0.276 e. The number of hydrogen-bond donors (Lipinski definition) is 0. The van der Waals surface area contributed by atoms with E-state index in [-0.39, 0.29) is 5.91 Å². The highest BCUT2D eigenvalue weighted by atomic mass is 32.2. The number of rotatable bonds is 6. The third-order valence-electron chi connectivity index (χ3n) is 5.84. The van der Waals surface area contributed by atoms with Crippen LogP contribution in [0.1, 0.15) is 27.4 Å². The predicted octanol–water partition coefficient (Wildman–Crippen LogP) is 4.27. The molecule has 0 bridgehead atoms. The molecule has 32 heavy (non-hydrogen) atoms. The number of thiophene rings is 1. The van der Waals surface area contributed by atoms with Crippen molar-refractivity contribution in [1.29, 1.82) is 0 Å². The van der Waals surface area contributed by atoms with Gasteiger partial charge in [0.05, 0.1) is 4.21 Å². The minimum Gasteiger partial charge on any atom is -0.360 e. The molecule has 0 spiro atoms. The maximum atomic E-state index is 13.2. The summed E-state index contributed by atoms with van der Waals surface area (Å²) in [4.78, 5) is 17.5. The average Bonchev–Trinajstić information content (AvgIpc) is 3.50. The van der Waals surface area contributed by atoms with Crippen molar-refractivity contribution in [2.45, 2.75) is 17.2 Å². The fourth-order valence-electron chi connectivity index (χ4n) is 4.06. The lowest BCUT2D eigenvalue weighted by Crippen LogP contribution is -2.49. The Hall–Kier alpha value is -2.39. The van der Waals surface area contributed by atoms with E-state index in [0.29, 0.717) is 25.3 Å². The van der Waals surface area contributed by atoms with Crippen LogP contribution in [0, 0.1) is 0 Å². The molecule has 166 valence electrons. The van der Waals surface area contributed by atoms with Gasteiger partial charge >= 0.3 is 0 Å². The summed E-state index contributed by atoms with van der Waals surface area (Å²) in [6.07, 6.45) is 5.13. The second-order valence-electron chi connectivity index (χ2n) is 7.98. The lowest BCUT2D eigenvalue weighted by Gasteiger charge is -2.34. The maximum absolute atomic E-state index is 13.2. The molecular weight excluding hydrogens is 440 g/mol. The predicted molar refractivity (Wildman–Crippen MR) is 129 cm³/mol. The van der Waals surface area contributed by atoms with Crippen LogP contribution in [0.3, 0.4) is 0 Å². The Morgan fingerprint density at radius 2 is 1.94 bits per heavy atom. The monoisotopic (exact) mass is 466 g/mol. The van der Waals surface area contributed by atoms with Crippen LogP contribution in [0.25, 0.3) is 6.08 Å². The van der Waals surface area contributed by atoms with Gasteiger partial charge in [-0.05, 0) is 29.0 Å². The number of carbonyl (C=O) groups excluding carboxylic acids is 1. The zero-order valence-electron chi connectivity index (χ0n) is 17.9. The topological polar surface area (TPSA) is 52.8 Å². The van der Waals surface area contributed by atoms with Gasteiger partial charge in [-0.15, -0.1) is 11.3 Å². The summed E-state index contributed by atoms with van der Waals surface area (Å²) in [6, 6.07) is 14.5. The van der Waals surface area contributed by atoms with Gasteiger partial charge in [0.1, 0.15) is 5.76 Å². The van der Waals surface area contributed by atoms with Crippen LogP contribution in [-0.4, -0.2) is 64.4 Å². The normalized spacial score (nSPS) is 17.7. The number of aromatic nitrogens is 1. The van der Waals surface area contributed by atoms with E-state index in [4.69, 9.17) is 4.52 Å². The summed E-state index contributed by atoms with van der Waals surface area (Å²) < 4.78 is 9.10. The van der Waals surface area contributed by atoms with Crippen LogP contribution < -0.4 is 0 Å². The van der Waals surface area contributed by atoms with Crippen LogP contribution in [0.2, 0.25) is 0 Å². The van der Waals surface area contributed by atoms with E-state index in [1.807, 2.05) is 23.1 Å². The largest absolute Gasteiger partial charge is 0.360 e. The lowest BCUT2D eigenvalue weighted by molar-refractivity contribution is 0.0639. The highest BCUT2D eigenvalue weighted by Gasteiger charge is 2.31. The van der Waals surface area contributed by atoms with E-state index < -0.39 is 0 Å². The van der Waals surface area contributed by atoms with Crippen LogP contribution in [0.15, 0.2) is 62.7 Å². The van der Waals surface area contributed by atoms with Gasteiger partial charge < -0.3 is 9.42 Å². The first kappa shape index (κ1) is 21.5. The molecule has 0 N–H and O–H groups in total. The third kappa shape index (κ3) is 4.99. The fourth-order valence-corrected chi connectivity index (χ4v) is 5.93. The molecule has 4 heterocycles. The van der Waals surface area contributed by atoms with E-state index >= 15 is 0 Å². The van der Waals surface area contributed by atoms with E-state index in [0.717, 1.165) is 43.9 Å². The molecule has 3 aromatic rings. The Kier molecular flexibility index (Phi) is 6.73. The van der Waals surface area contributed by atoms with Gasteiger partial charge in [0.2, 0.25) is 0 Å². The molecule has 8 heteroatoms. The van der Waals surface area contributed by atoms with Gasteiger partial charge in [-0.25, -0.2) is 4.31 Å². The Morgan fingerprint density at radius 3 is 2.72 bits per heavy atom. The number of benzene rings is 1. The van der Waals surface area contributed by atoms with Gasteiger partial charge in [-0.1, -0.05) is 53.7 Å². The lowest BCUT2D eigenvalue weighted by atomic mass is 10.1. The number of amides is 1. The molecule has 1 aromatic carbocycles. The molecule has 0 unspecified atom stereocenters. The molecule has 0 saturated carbocycles. The van der Waals surface area contributed by atoms with Crippen molar-refractivity contribution in [2.24, 2.45) is 0 Å². The molecule has 0 aliphatic carbocycles. The number of nitrogens with zero attached hydrogens (tertiary/aromatic N) is 4. The number of piperazine rings is 1. The first-order valence-corrected chi connectivity index (χ1v) is 12.6. The molecule has 1 fully saturated rings. The van der Waals surface area contributed by atoms with E-state index in [1.54, 1.807) is 23.3 Å². The summed E-state index contributed by atoms with van der Waals surface area (Å²) >= 11 is 3.48. The zero-order chi connectivity index (χ0) is 21.8. The minimum absolute atomic E-state index is 0.00236. The molecule has 2 aliphatic rings. The molecule has 2 aromatic heterocycles. The molecule has 0 atom stereocenters. The number of fused-ring (bicyclic) bond motifs is 1. The van der Waals surface area contributed by atoms with Crippen LogP contribution in [0.4, 0.5) is 0 Å². The molecular formula is C24H26N4O2S2. The molecule has 2 aliphatic heterocycles. The van der Waals surface area contributed by atoms with Gasteiger partial charge in [0, 0.05) is 57.8 Å². The minimum atomic E-state index is -0.00236. The van der Waals surface area contributed by atoms with Crippen molar-refractivity contribution in [3.05, 3.63) is 76.5 Å². The second kappa shape index (κ2) is 10.0. The summed E-state index contributed by atoms with van der Waals surface area (Å²) in [5, 5.41) is 6.27. The van der Waals surface area contributed by atoms with E-state index in [9.17, 15) is 4.79 Å². The Balaban J connectivity index is 1.16. The van der Waals surface area contributed by atoms with Gasteiger partial charge in [0.25, 0.3) is 5.91 Å². The van der Waals surface area contributed by atoms with Crippen molar-refractivity contribution < 1.29 is 9.32 Å². The number of hydrogen-bond acceptors (Lipinski definition) is 7. The van der Waals surface area contributed by atoms with Crippen molar-refractivity contribution in [2.75, 3.05) is 39.3 Å². The standard InChI is InChI=1S/C24H26N4O2S2/c29-24(27-15-13-26(14-16-27)11-4-8-19-6-2-1-3-7-19)23-20-18-28(12-10-21(20)30-25-23)32-22-9-5-17-31-22/h1-9,17H,10-16,18H2. The van der Waals surface area contributed by atoms with Crippen LogP contribution >= 0.6 is 23.3 Å². The summed E-state index contributed by atoms with van der Waals surface area (Å²) in [5.41, 5.74) is 2.66. The van der Waals surface area contributed by atoms with Gasteiger partial charge in [0.15, 0.2) is 5.69 Å². The van der Waals surface area contributed by atoms with Crippen molar-refractivity contribution in [3.8, 4) is 0 Å². The van der Waals surface area contributed by atoms with Crippen molar-refractivity contribution >= 4 is 35.3 Å². The second-order valence-corrected chi connectivity index (χ2v) is 10.3. The number of carbonyl (C=O) groups is 1. The van der Waals surface area contributed by atoms with Crippen LogP contribution in [-0.2, 0) is 13.0 Å². The van der Waals surface area contributed by atoms with Crippen molar-refractivity contribution in [1.82, 2.24) is 19.3 Å². The molecule has 1 amide bonds. The molecule has 0 radical (unpaired) electrons. The van der Waals surface area contributed by atoms with E-state index in [1.165, 1.54) is 9.77 Å². The fraction of sp³-hybridized carbons (Fsp3) is 0.333. The quantitative estimate of drug-likeness (QED) is 0.506. The first-order valence-electron chi connectivity index (χ1n) is 10.9. The molecule has 1 saturated heterocycles. The van der Waals surface area contributed by atoms with Gasteiger partial charge in [-0.3, -0.25) is 9.69 Å². The molecule has 6 nitrogen and oxygen atoms in total. The maximum Gasteiger partial charge on any atom is 0.276 e. The Morgan fingerprint density at radius 1 is 1.09 bits per heavy atom. The summed E-state index contributed by atoms with van der Waals surface area (Å²) in [6.45, 7) is 5.64. The zero-order valence-corrected chi connectivity index (χ0v) is 19.5.